The minimum atomic E-state index is -0.644. The van der Waals surface area contributed by atoms with Gasteiger partial charge in [0.25, 0.3) is 5.91 Å². The first kappa shape index (κ1) is 18.0. The molecular weight excluding hydrogens is 334 g/mol. The Morgan fingerprint density at radius 2 is 1.75 bits per heavy atom. The molecule has 0 unspecified atom stereocenters. The molecule has 1 aliphatic rings. The van der Waals surface area contributed by atoms with Gasteiger partial charge in [-0.15, -0.1) is 12.4 Å². The summed E-state index contributed by atoms with van der Waals surface area (Å²) in [5, 5.41) is 10.6. The van der Waals surface area contributed by atoms with Crippen LogP contribution in [-0.2, 0) is 6.54 Å². The van der Waals surface area contributed by atoms with E-state index in [2.05, 4.69) is 17.0 Å². The highest BCUT2D eigenvalue weighted by atomic mass is 35.5. The molecule has 1 saturated heterocycles. The smallest absolute Gasteiger partial charge is 0.395 e. The molecule has 24 heavy (non-hydrogen) atoms. The predicted octanol–water partition coefficient (Wildman–Crippen LogP) is 2.57. The summed E-state index contributed by atoms with van der Waals surface area (Å²) >= 11 is 0. The fraction of sp³-hybridized carbons (Fsp3) is 0.312. The summed E-state index contributed by atoms with van der Waals surface area (Å²) in [7, 11) is 0. The van der Waals surface area contributed by atoms with Crippen LogP contribution in [0.4, 0.5) is 5.88 Å². The minimum absolute atomic E-state index is 0. The van der Waals surface area contributed by atoms with Gasteiger partial charge in [0.15, 0.2) is 5.76 Å². The molecule has 8 heteroatoms. The van der Waals surface area contributed by atoms with Crippen molar-refractivity contribution in [1.29, 1.82) is 0 Å². The molecule has 0 spiro atoms. The van der Waals surface area contributed by atoms with Crippen LogP contribution < -0.4 is 0 Å². The first-order valence-electron chi connectivity index (χ1n) is 7.43. The zero-order chi connectivity index (χ0) is 16.2. The topological polar surface area (TPSA) is 79.8 Å². The van der Waals surface area contributed by atoms with Crippen molar-refractivity contribution >= 4 is 24.2 Å². The molecule has 2 heterocycles. The van der Waals surface area contributed by atoms with Gasteiger partial charge in [-0.3, -0.25) is 19.8 Å². The minimum Gasteiger partial charge on any atom is -0.395 e. The summed E-state index contributed by atoms with van der Waals surface area (Å²) in [5.41, 5.74) is 1.24. The number of halogens is 1. The summed E-state index contributed by atoms with van der Waals surface area (Å²) in [5.74, 6) is -0.679. The highest BCUT2D eigenvalue weighted by Gasteiger charge is 2.25. The lowest BCUT2D eigenvalue weighted by Crippen LogP contribution is -2.48. The van der Waals surface area contributed by atoms with E-state index >= 15 is 0 Å². The van der Waals surface area contributed by atoms with Crippen molar-refractivity contribution in [2.45, 2.75) is 6.54 Å². The Morgan fingerprint density at radius 3 is 2.33 bits per heavy atom. The molecule has 1 aromatic carbocycles. The maximum absolute atomic E-state index is 12.3. The van der Waals surface area contributed by atoms with Crippen LogP contribution in [0, 0.1) is 10.1 Å². The third-order valence-electron chi connectivity index (χ3n) is 3.89. The number of hydrogen-bond acceptors (Lipinski definition) is 5. The van der Waals surface area contributed by atoms with E-state index in [1.807, 2.05) is 18.2 Å². The molecule has 0 radical (unpaired) electrons. The van der Waals surface area contributed by atoms with Crippen molar-refractivity contribution in [3.8, 4) is 0 Å². The SMILES string of the molecule is Cl.O=C(c1ccc([N+](=O)[O-])o1)N1CCN(Cc2ccccc2)CC1. The Kier molecular flexibility index (Phi) is 5.94. The number of nitrogens with zero attached hydrogens (tertiary/aromatic N) is 3. The van der Waals surface area contributed by atoms with Gasteiger partial charge in [0, 0.05) is 32.7 Å². The second-order valence-electron chi connectivity index (χ2n) is 5.45. The molecule has 128 valence electrons. The van der Waals surface area contributed by atoms with Crippen LogP contribution in [0.15, 0.2) is 46.9 Å². The fourth-order valence-electron chi connectivity index (χ4n) is 2.65. The highest BCUT2D eigenvalue weighted by molar-refractivity contribution is 5.91. The molecule has 1 amide bonds. The molecule has 3 rings (SSSR count). The Morgan fingerprint density at radius 1 is 1.08 bits per heavy atom. The zero-order valence-corrected chi connectivity index (χ0v) is 13.8. The van der Waals surface area contributed by atoms with E-state index in [4.69, 9.17) is 4.42 Å². The van der Waals surface area contributed by atoms with Gasteiger partial charge in [0.05, 0.1) is 6.07 Å². The highest BCUT2D eigenvalue weighted by Crippen LogP contribution is 2.18. The first-order valence-corrected chi connectivity index (χ1v) is 7.43. The summed E-state index contributed by atoms with van der Waals surface area (Å²) in [4.78, 5) is 26.2. The molecule has 0 saturated carbocycles. The molecule has 0 aliphatic carbocycles. The quantitative estimate of drug-likeness (QED) is 0.624. The van der Waals surface area contributed by atoms with E-state index in [0.717, 1.165) is 19.6 Å². The Labute approximate surface area is 145 Å². The van der Waals surface area contributed by atoms with Gasteiger partial charge in [-0.2, -0.15) is 0 Å². The van der Waals surface area contributed by atoms with E-state index in [1.54, 1.807) is 4.90 Å². The van der Waals surface area contributed by atoms with Gasteiger partial charge in [-0.25, -0.2) is 0 Å². The number of amides is 1. The Balaban J connectivity index is 0.00000208. The second kappa shape index (κ2) is 7.94. The van der Waals surface area contributed by atoms with Crippen LogP contribution in [0.25, 0.3) is 0 Å². The summed E-state index contributed by atoms with van der Waals surface area (Å²) in [6, 6.07) is 12.7. The molecule has 1 aromatic heterocycles. The monoisotopic (exact) mass is 351 g/mol. The standard InChI is InChI=1S/C16H17N3O4.ClH/c20-16(14-6-7-15(23-14)19(21)22)18-10-8-17(9-11-18)12-13-4-2-1-3-5-13;/h1-7H,8-12H2;1H. The maximum Gasteiger partial charge on any atom is 0.433 e. The largest absolute Gasteiger partial charge is 0.433 e. The van der Waals surface area contributed by atoms with Crippen LogP contribution in [-0.4, -0.2) is 46.8 Å². The number of carbonyl (C=O) groups is 1. The van der Waals surface area contributed by atoms with E-state index in [-0.39, 0.29) is 24.1 Å². The lowest BCUT2D eigenvalue weighted by molar-refractivity contribution is -0.402. The lowest BCUT2D eigenvalue weighted by atomic mass is 10.2. The van der Waals surface area contributed by atoms with Crippen LogP contribution in [0.5, 0.6) is 0 Å². The first-order chi connectivity index (χ1) is 11.1. The van der Waals surface area contributed by atoms with Gasteiger partial charge in [0.1, 0.15) is 4.92 Å². The van der Waals surface area contributed by atoms with Gasteiger partial charge in [-0.1, -0.05) is 30.3 Å². The lowest BCUT2D eigenvalue weighted by Gasteiger charge is -2.34. The number of hydrogen-bond donors (Lipinski definition) is 0. The Hall–Kier alpha value is -2.38. The van der Waals surface area contributed by atoms with Crippen LogP contribution in [0.3, 0.4) is 0 Å². The van der Waals surface area contributed by atoms with Crippen LogP contribution in [0.2, 0.25) is 0 Å². The molecule has 0 N–H and O–H groups in total. The summed E-state index contributed by atoms with van der Waals surface area (Å²) in [6.07, 6.45) is 0. The van der Waals surface area contributed by atoms with E-state index in [1.165, 1.54) is 17.7 Å². The fourth-order valence-corrected chi connectivity index (χ4v) is 2.65. The van der Waals surface area contributed by atoms with Crippen molar-refractivity contribution in [3.63, 3.8) is 0 Å². The predicted molar refractivity (Wildman–Crippen MR) is 90.2 cm³/mol. The van der Waals surface area contributed by atoms with Gasteiger partial charge in [-0.05, 0) is 11.6 Å². The normalized spacial score (nSPS) is 14.9. The second-order valence-corrected chi connectivity index (χ2v) is 5.45. The number of nitro groups is 1. The molecule has 0 atom stereocenters. The third-order valence-corrected chi connectivity index (χ3v) is 3.89. The molecule has 2 aromatic rings. The van der Waals surface area contributed by atoms with E-state index in [0.29, 0.717) is 13.1 Å². The number of furan rings is 1. The zero-order valence-electron chi connectivity index (χ0n) is 13.0. The molecule has 1 fully saturated rings. The van der Waals surface area contributed by atoms with Crippen LogP contribution in [0.1, 0.15) is 16.1 Å². The number of piperazine rings is 1. The van der Waals surface area contributed by atoms with Crippen molar-refractivity contribution in [1.82, 2.24) is 9.80 Å². The maximum atomic E-state index is 12.3. The molecule has 7 nitrogen and oxygen atoms in total. The number of benzene rings is 1. The van der Waals surface area contributed by atoms with Gasteiger partial charge >= 0.3 is 5.88 Å². The van der Waals surface area contributed by atoms with Crippen molar-refractivity contribution < 1.29 is 14.1 Å². The molecular formula is C16H18ClN3O4. The van der Waals surface area contributed by atoms with Gasteiger partial charge in [0.2, 0.25) is 0 Å². The molecule has 0 bridgehead atoms. The average Bonchev–Trinajstić information content (AvgIpc) is 3.06. The third kappa shape index (κ3) is 4.12. The summed E-state index contributed by atoms with van der Waals surface area (Å²) < 4.78 is 4.98. The van der Waals surface area contributed by atoms with Crippen LogP contribution >= 0.6 is 12.4 Å². The Bertz CT molecular complexity index is 696. The van der Waals surface area contributed by atoms with Crippen molar-refractivity contribution in [2.75, 3.05) is 26.2 Å². The average molecular weight is 352 g/mol. The van der Waals surface area contributed by atoms with Gasteiger partial charge < -0.3 is 9.32 Å². The van der Waals surface area contributed by atoms with E-state index in [9.17, 15) is 14.9 Å². The van der Waals surface area contributed by atoms with Crippen molar-refractivity contribution in [3.05, 3.63) is 63.9 Å². The van der Waals surface area contributed by atoms with Crippen molar-refractivity contribution in [2.24, 2.45) is 0 Å². The number of rotatable bonds is 4. The number of carbonyl (C=O) groups excluding carboxylic acids is 1. The van der Waals surface area contributed by atoms with E-state index < -0.39 is 10.8 Å². The summed E-state index contributed by atoms with van der Waals surface area (Å²) in [6.45, 7) is 3.56. The molecule has 1 aliphatic heterocycles.